The Bertz CT molecular complexity index is 450. The third-order valence-corrected chi connectivity index (χ3v) is 5.05. The second-order valence-electron chi connectivity index (χ2n) is 6.63. The largest absolute Gasteiger partial charge is 0.481 e. The Hall–Kier alpha value is -1.47. The van der Waals surface area contributed by atoms with Gasteiger partial charge in [0.1, 0.15) is 0 Å². The summed E-state index contributed by atoms with van der Waals surface area (Å²) in [7, 11) is 0. The van der Waals surface area contributed by atoms with Crippen LogP contribution >= 0.6 is 0 Å². The summed E-state index contributed by atoms with van der Waals surface area (Å²) in [5.41, 5.74) is 0. The second kappa shape index (κ2) is 6.97. The van der Waals surface area contributed by atoms with E-state index in [-0.39, 0.29) is 6.04 Å². The van der Waals surface area contributed by atoms with Crippen molar-refractivity contribution in [2.75, 3.05) is 13.1 Å². The molecule has 3 atom stereocenters. The van der Waals surface area contributed by atoms with Gasteiger partial charge in [-0.25, -0.2) is 4.79 Å². The number of carboxylic acids is 1. The maximum absolute atomic E-state index is 12.9. The van der Waals surface area contributed by atoms with Crippen molar-refractivity contribution in [2.45, 2.75) is 51.2 Å². The monoisotopic (exact) mass is 336 g/mol. The van der Waals surface area contributed by atoms with E-state index in [1.54, 1.807) is 0 Å². The summed E-state index contributed by atoms with van der Waals surface area (Å²) < 4.78 is 38.8. The molecule has 0 aromatic rings. The van der Waals surface area contributed by atoms with Crippen molar-refractivity contribution in [1.82, 2.24) is 10.2 Å². The first kappa shape index (κ1) is 17.9. The zero-order valence-corrected chi connectivity index (χ0v) is 13.1. The van der Waals surface area contributed by atoms with Crippen molar-refractivity contribution in [3.05, 3.63) is 0 Å². The number of carbonyl (C=O) groups excluding carboxylic acids is 1. The van der Waals surface area contributed by atoms with Crippen molar-refractivity contribution < 1.29 is 27.9 Å². The minimum atomic E-state index is -4.62. The van der Waals surface area contributed by atoms with Gasteiger partial charge in [0.15, 0.2) is 0 Å². The van der Waals surface area contributed by atoms with E-state index in [9.17, 15) is 22.8 Å². The Morgan fingerprint density at radius 1 is 1.17 bits per heavy atom. The molecule has 8 heteroatoms. The van der Waals surface area contributed by atoms with Crippen LogP contribution in [0, 0.1) is 17.8 Å². The number of hydrogen-bond donors (Lipinski definition) is 2. The average molecular weight is 336 g/mol. The lowest BCUT2D eigenvalue weighted by Crippen LogP contribution is -2.46. The molecule has 0 bridgehead atoms. The summed E-state index contributed by atoms with van der Waals surface area (Å²) in [6.45, 7) is 0.867. The lowest BCUT2D eigenvalue weighted by atomic mass is 9.84. The molecule has 2 N–H and O–H groups in total. The Balaban J connectivity index is 1.95. The first-order valence-corrected chi connectivity index (χ1v) is 8.05. The SMILES string of the molecule is CC(NC(=O)N1C[C@@H](C(F)(F)F)[C@H](C(=O)O)C1)C1CCCCC1. The number of nitrogens with zero attached hydrogens (tertiary/aromatic N) is 1. The molecule has 0 spiro atoms. The van der Waals surface area contributed by atoms with Crippen molar-refractivity contribution >= 4 is 12.0 Å². The molecule has 2 aliphatic rings. The van der Waals surface area contributed by atoms with Crippen LogP contribution in [0.15, 0.2) is 0 Å². The van der Waals surface area contributed by atoms with Crippen LogP contribution in [0.5, 0.6) is 0 Å². The first-order chi connectivity index (χ1) is 10.7. The number of halogens is 3. The molecule has 1 aliphatic heterocycles. The summed E-state index contributed by atoms with van der Waals surface area (Å²) in [5.74, 6) is -4.77. The van der Waals surface area contributed by atoms with Crippen LogP contribution in [0.1, 0.15) is 39.0 Å². The maximum Gasteiger partial charge on any atom is 0.394 e. The molecule has 0 radical (unpaired) electrons. The molecule has 5 nitrogen and oxygen atoms in total. The van der Waals surface area contributed by atoms with E-state index < -0.39 is 43.1 Å². The third kappa shape index (κ3) is 4.29. The van der Waals surface area contributed by atoms with Crippen LogP contribution in [-0.4, -0.2) is 47.3 Å². The number of carbonyl (C=O) groups is 2. The van der Waals surface area contributed by atoms with E-state index in [2.05, 4.69) is 5.32 Å². The van der Waals surface area contributed by atoms with Gasteiger partial charge in [0.2, 0.25) is 0 Å². The smallest absolute Gasteiger partial charge is 0.394 e. The lowest BCUT2D eigenvalue weighted by Gasteiger charge is -2.30. The summed E-state index contributed by atoms with van der Waals surface area (Å²) >= 11 is 0. The highest BCUT2D eigenvalue weighted by atomic mass is 19.4. The molecule has 0 aromatic heterocycles. The Morgan fingerprint density at radius 2 is 1.78 bits per heavy atom. The molecule has 1 aliphatic carbocycles. The van der Waals surface area contributed by atoms with Crippen molar-refractivity contribution in [3.63, 3.8) is 0 Å². The number of nitrogens with one attached hydrogen (secondary N) is 1. The molecule has 2 fully saturated rings. The van der Waals surface area contributed by atoms with Crippen molar-refractivity contribution in [3.8, 4) is 0 Å². The molecule has 1 saturated heterocycles. The number of rotatable bonds is 3. The molecule has 1 heterocycles. The summed E-state index contributed by atoms with van der Waals surface area (Å²) in [6.07, 6.45) is 0.774. The van der Waals surface area contributed by atoms with Gasteiger partial charge in [-0.3, -0.25) is 4.79 Å². The maximum atomic E-state index is 12.9. The van der Waals surface area contributed by atoms with Gasteiger partial charge in [0.05, 0.1) is 11.8 Å². The molecular formula is C15H23F3N2O3. The average Bonchev–Trinajstić information content (AvgIpc) is 2.93. The van der Waals surface area contributed by atoms with Crippen molar-refractivity contribution in [2.24, 2.45) is 17.8 Å². The van der Waals surface area contributed by atoms with Gasteiger partial charge < -0.3 is 15.3 Å². The van der Waals surface area contributed by atoms with E-state index in [1.165, 1.54) is 6.42 Å². The van der Waals surface area contributed by atoms with Crippen LogP contribution in [-0.2, 0) is 4.79 Å². The summed E-state index contributed by atoms with van der Waals surface area (Å²) in [5, 5.41) is 11.7. The van der Waals surface area contributed by atoms with Crippen molar-refractivity contribution in [1.29, 1.82) is 0 Å². The predicted molar refractivity (Wildman–Crippen MR) is 76.8 cm³/mol. The molecule has 1 saturated carbocycles. The third-order valence-electron chi connectivity index (χ3n) is 5.05. The fraction of sp³-hybridized carbons (Fsp3) is 0.867. The predicted octanol–water partition coefficient (Wildman–Crippen LogP) is 2.86. The zero-order chi connectivity index (χ0) is 17.2. The summed E-state index contributed by atoms with van der Waals surface area (Å²) in [6, 6.07) is -0.711. The Labute approximate surface area is 133 Å². The van der Waals surface area contributed by atoms with E-state index in [0.717, 1.165) is 30.6 Å². The number of hydrogen-bond acceptors (Lipinski definition) is 2. The topological polar surface area (TPSA) is 69.6 Å². The van der Waals surface area contributed by atoms with Gasteiger partial charge in [-0.1, -0.05) is 19.3 Å². The van der Waals surface area contributed by atoms with E-state index in [1.807, 2.05) is 6.92 Å². The number of carboxylic acid groups (broad SMARTS) is 1. The van der Waals surface area contributed by atoms with Crippen LogP contribution in [0.25, 0.3) is 0 Å². The molecule has 1 unspecified atom stereocenters. The number of aliphatic carboxylic acids is 1. The quantitative estimate of drug-likeness (QED) is 0.833. The van der Waals surface area contributed by atoms with Gasteiger partial charge in [-0.2, -0.15) is 13.2 Å². The highest BCUT2D eigenvalue weighted by Gasteiger charge is 2.53. The van der Waals surface area contributed by atoms with Gasteiger partial charge >= 0.3 is 18.2 Å². The number of alkyl halides is 3. The Morgan fingerprint density at radius 3 is 2.26 bits per heavy atom. The highest BCUT2D eigenvalue weighted by molar-refractivity contribution is 5.78. The van der Waals surface area contributed by atoms with Gasteiger partial charge in [0, 0.05) is 19.1 Å². The normalized spacial score (nSPS) is 27.7. The lowest BCUT2D eigenvalue weighted by molar-refractivity contribution is -0.187. The fourth-order valence-electron chi connectivity index (χ4n) is 3.59. The summed E-state index contributed by atoms with van der Waals surface area (Å²) in [4.78, 5) is 24.2. The standard InChI is InChI=1S/C15H23F3N2O3/c1-9(10-5-3-2-4-6-10)19-14(23)20-7-11(13(21)22)12(8-20)15(16,17)18/h9-12H,2-8H2,1H3,(H,19,23)(H,21,22)/t9?,11-,12-/m1/s1. The van der Waals surface area contributed by atoms with E-state index in [4.69, 9.17) is 5.11 Å². The van der Waals surface area contributed by atoms with E-state index in [0.29, 0.717) is 5.92 Å². The molecule has 2 rings (SSSR count). The first-order valence-electron chi connectivity index (χ1n) is 8.05. The fourth-order valence-corrected chi connectivity index (χ4v) is 3.59. The molecule has 23 heavy (non-hydrogen) atoms. The second-order valence-corrected chi connectivity index (χ2v) is 6.63. The van der Waals surface area contributed by atoms with Gasteiger partial charge in [-0.15, -0.1) is 0 Å². The minimum absolute atomic E-state index is 0.115. The van der Waals surface area contributed by atoms with Crippen LogP contribution in [0.3, 0.4) is 0 Å². The van der Waals surface area contributed by atoms with Gasteiger partial charge in [-0.05, 0) is 25.7 Å². The van der Waals surface area contributed by atoms with E-state index >= 15 is 0 Å². The zero-order valence-electron chi connectivity index (χ0n) is 13.1. The Kier molecular flexibility index (Phi) is 5.41. The van der Waals surface area contributed by atoms with Crippen LogP contribution in [0.2, 0.25) is 0 Å². The molecule has 0 aromatic carbocycles. The van der Waals surface area contributed by atoms with Crippen LogP contribution in [0.4, 0.5) is 18.0 Å². The molecule has 2 amide bonds. The highest BCUT2D eigenvalue weighted by Crippen LogP contribution is 2.37. The number of likely N-dealkylation sites (tertiary alicyclic amines) is 1. The number of urea groups is 1. The minimum Gasteiger partial charge on any atom is -0.481 e. The molecular weight excluding hydrogens is 313 g/mol. The van der Waals surface area contributed by atoms with Crippen LogP contribution < -0.4 is 5.32 Å². The molecule has 132 valence electrons. The van der Waals surface area contributed by atoms with Gasteiger partial charge in [0.25, 0.3) is 0 Å². The number of amides is 2.